The second kappa shape index (κ2) is 9.98. The first-order valence-corrected chi connectivity index (χ1v) is 11.0. The first kappa shape index (κ1) is 21.4. The van der Waals surface area contributed by atoms with Crippen LogP contribution in [0.15, 0.2) is 24.5 Å². The Balaban J connectivity index is 1.32. The number of methoxy groups -OCH3 is 1. The van der Waals surface area contributed by atoms with Crippen LogP contribution in [0, 0.1) is 16.7 Å². The Morgan fingerprint density at radius 1 is 1.10 bits per heavy atom. The van der Waals surface area contributed by atoms with Crippen molar-refractivity contribution in [1.29, 1.82) is 5.26 Å². The number of rotatable bonds is 10. The van der Waals surface area contributed by atoms with Gasteiger partial charge in [-0.1, -0.05) is 0 Å². The molecule has 4 rings (SSSR count). The van der Waals surface area contributed by atoms with Crippen molar-refractivity contribution in [2.24, 2.45) is 5.41 Å². The van der Waals surface area contributed by atoms with Crippen LogP contribution >= 0.6 is 0 Å². The van der Waals surface area contributed by atoms with Crippen molar-refractivity contribution in [1.82, 2.24) is 25.3 Å². The minimum absolute atomic E-state index is 0.227. The van der Waals surface area contributed by atoms with Crippen LogP contribution < -0.4 is 16.0 Å². The third-order valence-electron chi connectivity index (χ3n) is 6.04. The second-order valence-corrected chi connectivity index (χ2v) is 8.42. The smallest absolute Gasteiger partial charge is 0.223 e. The average molecular weight is 423 g/mol. The van der Waals surface area contributed by atoms with Gasteiger partial charge in [0, 0.05) is 44.7 Å². The summed E-state index contributed by atoms with van der Waals surface area (Å²) < 4.78 is 5.11. The maximum absolute atomic E-state index is 9.24. The van der Waals surface area contributed by atoms with Crippen LogP contribution in [0.4, 0.5) is 11.8 Å². The average Bonchev–Trinajstić information content (AvgIpc) is 3.60. The lowest BCUT2D eigenvalue weighted by Crippen LogP contribution is -2.38. The van der Waals surface area contributed by atoms with Gasteiger partial charge in [-0.3, -0.25) is 0 Å². The van der Waals surface area contributed by atoms with Gasteiger partial charge in [0.15, 0.2) is 5.82 Å². The van der Waals surface area contributed by atoms with Crippen LogP contribution in [-0.4, -0.2) is 58.8 Å². The zero-order valence-corrected chi connectivity index (χ0v) is 18.0. The van der Waals surface area contributed by atoms with E-state index >= 15 is 0 Å². The molecule has 0 aromatic carbocycles. The van der Waals surface area contributed by atoms with Gasteiger partial charge < -0.3 is 20.7 Å². The Bertz CT molecular complexity index is 902. The van der Waals surface area contributed by atoms with Gasteiger partial charge in [0.2, 0.25) is 5.95 Å². The highest BCUT2D eigenvalue weighted by molar-refractivity contribution is 5.53. The lowest BCUT2D eigenvalue weighted by atomic mass is 9.91. The van der Waals surface area contributed by atoms with Crippen molar-refractivity contribution in [3.63, 3.8) is 0 Å². The summed E-state index contributed by atoms with van der Waals surface area (Å²) in [5, 5.41) is 19.5. The van der Waals surface area contributed by atoms with E-state index < -0.39 is 0 Å². The topological polar surface area (TPSA) is 121 Å². The third kappa shape index (κ3) is 5.87. The largest absolute Gasteiger partial charge is 0.383 e. The highest BCUT2D eigenvalue weighted by Crippen LogP contribution is 2.44. The number of nitrogens with one attached hydrogen (secondary N) is 3. The van der Waals surface area contributed by atoms with E-state index in [1.54, 1.807) is 19.5 Å². The van der Waals surface area contributed by atoms with Crippen LogP contribution in [0.25, 0.3) is 11.5 Å². The van der Waals surface area contributed by atoms with E-state index in [1.807, 2.05) is 12.1 Å². The molecule has 3 N–H and O–H groups in total. The van der Waals surface area contributed by atoms with Gasteiger partial charge in [-0.05, 0) is 50.7 Å². The summed E-state index contributed by atoms with van der Waals surface area (Å²) in [5.74, 6) is 1.86. The van der Waals surface area contributed by atoms with E-state index in [0.717, 1.165) is 51.7 Å². The molecular weight excluding hydrogens is 392 g/mol. The van der Waals surface area contributed by atoms with E-state index in [1.165, 1.54) is 0 Å². The van der Waals surface area contributed by atoms with Crippen LogP contribution in [-0.2, 0) is 4.74 Å². The van der Waals surface area contributed by atoms with E-state index in [0.29, 0.717) is 41.9 Å². The molecule has 31 heavy (non-hydrogen) atoms. The number of hydrogen-bond donors (Lipinski definition) is 3. The molecule has 2 aliphatic rings. The quantitative estimate of drug-likeness (QED) is 0.496. The van der Waals surface area contributed by atoms with E-state index in [2.05, 4.69) is 42.0 Å². The molecule has 0 radical (unpaired) electrons. The molecule has 0 atom stereocenters. The Labute approximate surface area is 183 Å². The molecule has 2 aromatic rings. The molecule has 9 nitrogen and oxygen atoms in total. The number of nitrogens with zero attached hydrogens (tertiary/aromatic N) is 5. The van der Waals surface area contributed by atoms with Crippen molar-refractivity contribution >= 4 is 11.8 Å². The lowest BCUT2D eigenvalue weighted by molar-refractivity contribution is 0.191. The summed E-state index contributed by atoms with van der Waals surface area (Å²) >= 11 is 0. The molecule has 0 unspecified atom stereocenters. The Kier molecular flexibility index (Phi) is 6.89. The molecule has 2 saturated carbocycles. The fourth-order valence-electron chi connectivity index (χ4n) is 3.86. The summed E-state index contributed by atoms with van der Waals surface area (Å²) in [5.41, 5.74) is 0.451. The molecule has 0 saturated heterocycles. The van der Waals surface area contributed by atoms with Gasteiger partial charge in [0.05, 0.1) is 18.1 Å². The summed E-state index contributed by atoms with van der Waals surface area (Å²) in [6, 6.07) is 6.94. The fourth-order valence-corrected chi connectivity index (χ4v) is 3.86. The number of anilines is 2. The molecule has 0 aliphatic heterocycles. The Morgan fingerprint density at radius 2 is 1.87 bits per heavy atom. The van der Waals surface area contributed by atoms with Crippen LogP contribution in [0.3, 0.4) is 0 Å². The van der Waals surface area contributed by atoms with Crippen molar-refractivity contribution in [2.75, 3.05) is 37.4 Å². The molecular formula is C22H30N8O. The molecule has 0 amide bonds. The zero-order valence-electron chi connectivity index (χ0n) is 18.0. The van der Waals surface area contributed by atoms with E-state index in [4.69, 9.17) is 4.74 Å². The molecule has 2 fully saturated rings. The van der Waals surface area contributed by atoms with Crippen LogP contribution in [0.1, 0.15) is 38.5 Å². The summed E-state index contributed by atoms with van der Waals surface area (Å²) in [6.07, 6.45) is 9.75. The van der Waals surface area contributed by atoms with Crippen molar-refractivity contribution in [3.05, 3.63) is 24.5 Å². The summed E-state index contributed by atoms with van der Waals surface area (Å²) in [6.45, 7) is 2.26. The fraction of sp³-hybridized carbons (Fsp3) is 0.591. The van der Waals surface area contributed by atoms with E-state index in [9.17, 15) is 5.26 Å². The predicted octanol–water partition coefficient (Wildman–Crippen LogP) is 2.61. The molecule has 2 heterocycles. The first-order chi connectivity index (χ1) is 15.2. The number of hydrogen-bond acceptors (Lipinski definition) is 9. The second-order valence-electron chi connectivity index (χ2n) is 8.42. The number of aromatic nitrogens is 4. The molecule has 0 bridgehead atoms. The van der Waals surface area contributed by atoms with Crippen LogP contribution in [0.5, 0.6) is 0 Å². The predicted molar refractivity (Wildman–Crippen MR) is 118 cm³/mol. The van der Waals surface area contributed by atoms with Crippen molar-refractivity contribution in [2.45, 2.75) is 50.6 Å². The highest BCUT2D eigenvalue weighted by Gasteiger charge is 2.42. The third-order valence-corrected chi connectivity index (χ3v) is 6.04. The first-order valence-electron chi connectivity index (χ1n) is 11.0. The van der Waals surface area contributed by atoms with Gasteiger partial charge in [0.1, 0.15) is 11.5 Å². The number of nitriles is 1. The zero-order chi connectivity index (χ0) is 21.5. The van der Waals surface area contributed by atoms with Gasteiger partial charge in [-0.25, -0.2) is 19.9 Å². The molecule has 9 heteroatoms. The van der Waals surface area contributed by atoms with Gasteiger partial charge in [-0.15, -0.1) is 0 Å². The van der Waals surface area contributed by atoms with Gasteiger partial charge in [-0.2, -0.15) is 5.26 Å². The molecule has 0 spiro atoms. The molecule has 164 valence electrons. The van der Waals surface area contributed by atoms with Gasteiger partial charge in [0.25, 0.3) is 0 Å². The monoisotopic (exact) mass is 422 g/mol. The van der Waals surface area contributed by atoms with Crippen molar-refractivity contribution < 1.29 is 4.74 Å². The Hall–Kier alpha value is -2.83. The maximum Gasteiger partial charge on any atom is 0.223 e. The standard InChI is InChI=1S/C22H30N8O/c1-31-13-12-24-16-2-4-17(5-3-16)28-21-26-10-6-18(29-21)20-25-11-7-19(30-20)27-15-22(14-23)8-9-22/h6-7,10-11,16-17,24H,2-5,8-9,12-13,15H2,1H3,(H,25,27,30)(H,26,28,29). The van der Waals surface area contributed by atoms with E-state index in [-0.39, 0.29) is 5.41 Å². The summed E-state index contributed by atoms with van der Waals surface area (Å²) in [4.78, 5) is 18.0. The minimum Gasteiger partial charge on any atom is -0.383 e. The minimum atomic E-state index is -0.227. The molecule has 2 aliphatic carbocycles. The van der Waals surface area contributed by atoms with Crippen molar-refractivity contribution in [3.8, 4) is 17.6 Å². The SMILES string of the molecule is COCCNC1CCC(Nc2nccc(-c3nccc(NCC4(C#N)CC4)n3)n2)CC1. The highest BCUT2D eigenvalue weighted by atomic mass is 16.5. The summed E-state index contributed by atoms with van der Waals surface area (Å²) in [7, 11) is 1.73. The van der Waals surface area contributed by atoms with Crippen LogP contribution in [0.2, 0.25) is 0 Å². The molecule has 2 aromatic heterocycles. The van der Waals surface area contributed by atoms with Gasteiger partial charge >= 0.3 is 0 Å². The number of ether oxygens (including phenoxy) is 1. The normalized spacial score (nSPS) is 21.8. The lowest BCUT2D eigenvalue weighted by Gasteiger charge is -2.29. The maximum atomic E-state index is 9.24. The Morgan fingerprint density at radius 3 is 2.61 bits per heavy atom.